The summed E-state index contributed by atoms with van der Waals surface area (Å²) < 4.78 is 26.7. The van der Waals surface area contributed by atoms with E-state index in [1.54, 1.807) is 0 Å². The molecule has 18 heavy (non-hydrogen) atoms. The fourth-order valence-corrected chi connectivity index (χ4v) is 2.38. The van der Waals surface area contributed by atoms with E-state index in [9.17, 15) is 8.78 Å². The SMILES string of the molecule is CC(C)C(c1ccccc1)c1cc(F)cc(F)c1. The van der Waals surface area contributed by atoms with Crippen molar-refractivity contribution in [3.8, 4) is 0 Å². The molecule has 0 radical (unpaired) electrons. The Labute approximate surface area is 106 Å². The smallest absolute Gasteiger partial charge is 0.126 e. The summed E-state index contributed by atoms with van der Waals surface area (Å²) in [5.74, 6) is -0.761. The van der Waals surface area contributed by atoms with E-state index < -0.39 is 11.6 Å². The molecule has 2 rings (SSSR count). The van der Waals surface area contributed by atoms with Crippen molar-refractivity contribution >= 4 is 0 Å². The first-order chi connectivity index (χ1) is 8.58. The second-order valence-corrected chi connectivity index (χ2v) is 4.84. The van der Waals surface area contributed by atoms with Crippen LogP contribution < -0.4 is 0 Å². The molecule has 0 aliphatic carbocycles. The highest BCUT2D eigenvalue weighted by atomic mass is 19.1. The van der Waals surface area contributed by atoms with Crippen molar-refractivity contribution in [3.05, 3.63) is 71.3 Å². The molecule has 0 bridgehead atoms. The maximum Gasteiger partial charge on any atom is 0.126 e. The Kier molecular flexibility index (Phi) is 3.75. The van der Waals surface area contributed by atoms with Gasteiger partial charge in [0.2, 0.25) is 0 Å². The Balaban J connectivity index is 2.48. The number of rotatable bonds is 3. The van der Waals surface area contributed by atoms with Gasteiger partial charge in [0, 0.05) is 12.0 Å². The minimum Gasteiger partial charge on any atom is -0.207 e. The van der Waals surface area contributed by atoms with Gasteiger partial charge in [-0.25, -0.2) is 8.78 Å². The molecule has 94 valence electrons. The molecule has 0 N–H and O–H groups in total. The fraction of sp³-hybridized carbons (Fsp3) is 0.250. The Morgan fingerprint density at radius 1 is 0.778 bits per heavy atom. The minimum atomic E-state index is -0.522. The minimum absolute atomic E-state index is 0.0106. The Morgan fingerprint density at radius 3 is 1.83 bits per heavy atom. The second kappa shape index (κ2) is 5.30. The number of halogens is 2. The predicted molar refractivity (Wildman–Crippen MR) is 69.5 cm³/mol. The lowest BCUT2D eigenvalue weighted by Crippen LogP contribution is -2.09. The zero-order chi connectivity index (χ0) is 13.1. The first-order valence-corrected chi connectivity index (χ1v) is 6.09. The summed E-state index contributed by atoms with van der Waals surface area (Å²) in [7, 11) is 0. The third kappa shape index (κ3) is 2.76. The van der Waals surface area contributed by atoms with E-state index in [0.29, 0.717) is 5.56 Å². The topological polar surface area (TPSA) is 0 Å². The van der Waals surface area contributed by atoms with Crippen LogP contribution in [0.25, 0.3) is 0 Å². The number of hydrogen-bond acceptors (Lipinski definition) is 0. The van der Waals surface area contributed by atoms with E-state index in [0.717, 1.165) is 11.6 Å². The highest BCUT2D eigenvalue weighted by molar-refractivity contribution is 5.33. The summed E-state index contributed by atoms with van der Waals surface area (Å²) >= 11 is 0. The lowest BCUT2D eigenvalue weighted by molar-refractivity contribution is 0.541. The van der Waals surface area contributed by atoms with Gasteiger partial charge in [0.25, 0.3) is 0 Å². The first-order valence-electron chi connectivity index (χ1n) is 6.09. The van der Waals surface area contributed by atoms with E-state index in [2.05, 4.69) is 13.8 Å². The summed E-state index contributed by atoms with van der Waals surface area (Å²) in [6.45, 7) is 4.11. The summed E-state index contributed by atoms with van der Waals surface area (Å²) in [6.07, 6.45) is 0. The van der Waals surface area contributed by atoms with Gasteiger partial charge < -0.3 is 0 Å². The van der Waals surface area contributed by atoms with Crippen molar-refractivity contribution in [1.29, 1.82) is 0 Å². The van der Waals surface area contributed by atoms with E-state index in [4.69, 9.17) is 0 Å². The maximum absolute atomic E-state index is 13.3. The summed E-state index contributed by atoms with van der Waals surface area (Å²) in [4.78, 5) is 0. The molecule has 0 aliphatic rings. The van der Waals surface area contributed by atoms with Crippen LogP contribution in [-0.2, 0) is 0 Å². The summed E-state index contributed by atoms with van der Waals surface area (Å²) in [6, 6.07) is 13.6. The number of hydrogen-bond donors (Lipinski definition) is 0. The molecular weight excluding hydrogens is 230 g/mol. The quantitative estimate of drug-likeness (QED) is 0.733. The molecule has 2 aromatic rings. The third-order valence-electron chi connectivity index (χ3n) is 3.07. The molecule has 0 amide bonds. The molecule has 0 spiro atoms. The van der Waals surface area contributed by atoms with E-state index in [-0.39, 0.29) is 11.8 Å². The van der Waals surface area contributed by atoms with Gasteiger partial charge in [0.1, 0.15) is 11.6 Å². The second-order valence-electron chi connectivity index (χ2n) is 4.84. The molecule has 0 aromatic heterocycles. The van der Waals surface area contributed by atoms with Gasteiger partial charge in [0.15, 0.2) is 0 Å². The van der Waals surface area contributed by atoms with Crippen LogP contribution in [0.15, 0.2) is 48.5 Å². The van der Waals surface area contributed by atoms with Crippen LogP contribution in [0.5, 0.6) is 0 Å². The van der Waals surface area contributed by atoms with Crippen LogP contribution in [0.4, 0.5) is 8.78 Å². The Bertz CT molecular complexity index is 498. The molecule has 0 nitrogen and oxygen atoms in total. The zero-order valence-electron chi connectivity index (χ0n) is 10.5. The van der Waals surface area contributed by atoms with Gasteiger partial charge in [-0.1, -0.05) is 44.2 Å². The molecule has 1 atom stereocenters. The average Bonchev–Trinajstić information content (AvgIpc) is 2.28. The van der Waals surface area contributed by atoms with Crippen molar-refractivity contribution in [1.82, 2.24) is 0 Å². The van der Waals surface area contributed by atoms with Crippen LogP contribution in [-0.4, -0.2) is 0 Å². The lowest BCUT2D eigenvalue weighted by atomic mass is 9.82. The van der Waals surface area contributed by atoms with Crippen molar-refractivity contribution < 1.29 is 8.78 Å². The van der Waals surface area contributed by atoms with Gasteiger partial charge in [-0.05, 0) is 29.2 Å². The van der Waals surface area contributed by atoms with Crippen LogP contribution in [0.1, 0.15) is 30.9 Å². The molecule has 1 unspecified atom stereocenters. The van der Waals surface area contributed by atoms with E-state index in [1.165, 1.54) is 12.1 Å². The highest BCUT2D eigenvalue weighted by Crippen LogP contribution is 2.32. The summed E-state index contributed by atoms with van der Waals surface area (Å²) in [5, 5.41) is 0. The fourth-order valence-electron chi connectivity index (χ4n) is 2.38. The van der Waals surface area contributed by atoms with Crippen LogP contribution >= 0.6 is 0 Å². The molecule has 2 heteroatoms. The van der Waals surface area contributed by atoms with Crippen LogP contribution in [0, 0.1) is 17.6 Å². The first kappa shape index (κ1) is 12.7. The molecular formula is C16H16F2. The Hall–Kier alpha value is -1.70. The highest BCUT2D eigenvalue weighted by Gasteiger charge is 2.19. The van der Waals surface area contributed by atoms with Crippen molar-refractivity contribution in [2.45, 2.75) is 19.8 Å². The largest absolute Gasteiger partial charge is 0.207 e. The molecule has 0 saturated heterocycles. The normalized spacial score (nSPS) is 12.7. The van der Waals surface area contributed by atoms with Gasteiger partial charge in [0.05, 0.1) is 0 Å². The van der Waals surface area contributed by atoms with Gasteiger partial charge in [-0.2, -0.15) is 0 Å². The molecule has 0 fully saturated rings. The summed E-state index contributed by atoms with van der Waals surface area (Å²) in [5.41, 5.74) is 1.77. The molecule has 0 saturated carbocycles. The van der Waals surface area contributed by atoms with Crippen molar-refractivity contribution in [2.75, 3.05) is 0 Å². The third-order valence-corrected chi connectivity index (χ3v) is 3.07. The zero-order valence-corrected chi connectivity index (χ0v) is 10.5. The van der Waals surface area contributed by atoms with Crippen LogP contribution in [0.2, 0.25) is 0 Å². The molecule has 0 heterocycles. The Morgan fingerprint density at radius 2 is 1.33 bits per heavy atom. The van der Waals surface area contributed by atoms with Gasteiger partial charge in [-0.15, -0.1) is 0 Å². The van der Waals surface area contributed by atoms with Crippen LogP contribution in [0.3, 0.4) is 0 Å². The van der Waals surface area contributed by atoms with Crippen molar-refractivity contribution in [2.24, 2.45) is 5.92 Å². The lowest BCUT2D eigenvalue weighted by Gasteiger charge is -2.22. The molecule has 2 aromatic carbocycles. The predicted octanol–water partition coefficient (Wildman–Crippen LogP) is 4.75. The average molecular weight is 246 g/mol. The van der Waals surface area contributed by atoms with E-state index in [1.807, 2.05) is 30.3 Å². The van der Waals surface area contributed by atoms with E-state index >= 15 is 0 Å². The van der Waals surface area contributed by atoms with Gasteiger partial charge in [-0.3, -0.25) is 0 Å². The number of benzene rings is 2. The monoisotopic (exact) mass is 246 g/mol. The van der Waals surface area contributed by atoms with Gasteiger partial charge >= 0.3 is 0 Å². The standard InChI is InChI=1S/C16H16F2/c1-11(2)16(12-6-4-3-5-7-12)13-8-14(17)10-15(18)9-13/h3-11,16H,1-2H3. The van der Waals surface area contributed by atoms with Crippen molar-refractivity contribution in [3.63, 3.8) is 0 Å². The maximum atomic E-state index is 13.3. The molecule has 0 aliphatic heterocycles.